The minimum atomic E-state index is -0.396. The Balaban J connectivity index is 0.00000180. The Bertz CT molecular complexity index is 368. The predicted octanol–water partition coefficient (Wildman–Crippen LogP) is 2.27. The zero-order valence-corrected chi connectivity index (χ0v) is 11.6. The van der Waals surface area contributed by atoms with Gasteiger partial charge in [-0.25, -0.2) is 0 Å². The van der Waals surface area contributed by atoms with Gasteiger partial charge in [-0.15, -0.1) is 0 Å². The molecule has 6 nitrogen and oxygen atoms in total. The maximum atomic E-state index is 4.47. The predicted molar refractivity (Wildman–Crippen MR) is 87.1 cm³/mol. The maximum Gasteiger partial charge on any atom is 0.133 e. The summed E-state index contributed by atoms with van der Waals surface area (Å²) >= 11 is 0. The molecule has 0 bridgehead atoms. The van der Waals surface area contributed by atoms with E-state index in [4.69, 9.17) is 0 Å². The summed E-state index contributed by atoms with van der Waals surface area (Å²) in [5.41, 5.74) is -0.792. The molecule has 0 saturated carbocycles. The Morgan fingerprint density at radius 1 is 0.800 bits per heavy atom. The third kappa shape index (κ3) is 4.02. The van der Waals surface area contributed by atoms with Crippen LogP contribution in [0, 0.1) is 0 Å². The second-order valence-corrected chi connectivity index (χ2v) is 5.63. The van der Waals surface area contributed by atoms with Gasteiger partial charge in [-0.1, -0.05) is 14.9 Å². The molecule has 0 aromatic carbocycles. The quantitative estimate of drug-likeness (QED) is 0.776. The number of nitrogens with zero attached hydrogens (tertiary/aromatic N) is 4. The van der Waals surface area contributed by atoms with Crippen LogP contribution in [0.5, 0.6) is 0 Å². The minimum absolute atomic E-state index is 0. The molecule has 0 aromatic rings. The van der Waals surface area contributed by atoms with Crippen LogP contribution in [0.25, 0.3) is 0 Å². The van der Waals surface area contributed by atoms with Crippen molar-refractivity contribution in [1.29, 1.82) is 0 Å². The number of nitrogens with one attached hydrogen (secondary N) is 2. The van der Waals surface area contributed by atoms with E-state index in [9.17, 15) is 0 Å². The van der Waals surface area contributed by atoms with Crippen LogP contribution < -0.4 is 10.6 Å². The van der Waals surface area contributed by atoms with Gasteiger partial charge in [-0.05, 0) is 27.7 Å². The summed E-state index contributed by atoms with van der Waals surface area (Å²) in [5, 5.41) is 15.4. The normalized spacial score (nSPS) is 18.6. The molecule has 0 amide bonds. The smallest absolute Gasteiger partial charge is 0.133 e. The molecule has 0 aliphatic carbocycles. The van der Waals surface area contributed by atoms with E-state index in [-0.39, 0.29) is 14.9 Å². The van der Waals surface area contributed by atoms with E-state index in [0.29, 0.717) is 0 Å². The number of azo groups is 1. The van der Waals surface area contributed by atoms with Gasteiger partial charge >= 0.3 is 0 Å². The lowest BCUT2D eigenvalue weighted by Gasteiger charge is -2.23. The SMILES string of the molecule is C.C.CC(C)(N=NC(C)(C)C1=NCCN1)C1=NCCN1. The van der Waals surface area contributed by atoms with Gasteiger partial charge in [0.1, 0.15) is 22.7 Å². The fraction of sp³-hybridized carbons (Fsp3) is 0.857. The van der Waals surface area contributed by atoms with Gasteiger partial charge in [0.05, 0.1) is 13.1 Å². The van der Waals surface area contributed by atoms with Gasteiger partial charge < -0.3 is 10.6 Å². The highest BCUT2D eigenvalue weighted by atomic mass is 15.3. The molecular formula is C14H30N6. The van der Waals surface area contributed by atoms with Crippen molar-refractivity contribution >= 4 is 11.7 Å². The van der Waals surface area contributed by atoms with Crippen LogP contribution in [0.15, 0.2) is 20.2 Å². The number of hydrogen-bond acceptors (Lipinski definition) is 6. The molecule has 0 unspecified atom stereocenters. The first kappa shape index (κ1) is 18.5. The zero-order valence-electron chi connectivity index (χ0n) is 11.6. The lowest BCUT2D eigenvalue weighted by Crippen LogP contribution is -2.41. The Labute approximate surface area is 123 Å². The lowest BCUT2D eigenvalue weighted by atomic mass is 10.0. The van der Waals surface area contributed by atoms with Crippen LogP contribution in [0.2, 0.25) is 0 Å². The summed E-state index contributed by atoms with van der Waals surface area (Å²) in [4.78, 5) is 8.82. The van der Waals surface area contributed by atoms with Crippen LogP contribution in [0.3, 0.4) is 0 Å². The molecular weight excluding hydrogens is 252 g/mol. The van der Waals surface area contributed by atoms with Crippen molar-refractivity contribution in [1.82, 2.24) is 10.6 Å². The van der Waals surface area contributed by atoms with Crippen molar-refractivity contribution in [2.75, 3.05) is 26.2 Å². The average Bonchev–Trinajstić information content (AvgIpc) is 2.99. The molecule has 2 N–H and O–H groups in total. The van der Waals surface area contributed by atoms with E-state index in [1.807, 2.05) is 27.7 Å². The summed E-state index contributed by atoms with van der Waals surface area (Å²) in [6, 6.07) is 0. The second-order valence-electron chi connectivity index (χ2n) is 5.63. The third-order valence-corrected chi connectivity index (χ3v) is 3.06. The minimum Gasteiger partial charge on any atom is -0.370 e. The van der Waals surface area contributed by atoms with Gasteiger partial charge in [0.25, 0.3) is 0 Å². The summed E-state index contributed by atoms with van der Waals surface area (Å²) in [6.45, 7) is 11.5. The molecule has 6 heteroatoms. The zero-order chi connectivity index (χ0) is 13.2. The van der Waals surface area contributed by atoms with Crippen LogP contribution in [0.1, 0.15) is 42.5 Å². The number of hydrogen-bond donors (Lipinski definition) is 2. The average molecular weight is 282 g/mol. The molecule has 20 heavy (non-hydrogen) atoms. The fourth-order valence-electron chi connectivity index (χ4n) is 1.96. The highest BCUT2D eigenvalue weighted by Crippen LogP contribution is 2.19. The standard InChI is InChI=1S/C12H22N6.2CH4/c1-11(2,9-13-5-6-14-9)17-18-12(3,4)10-15-7-8-16-10;;/h5-8H2,1-4H3,(H,13,14)(H,15,16);2*1H4. The van der Waals surface area contributed by atoms with Crippen LogP contribution in [-0.4, -0.2) is 48.9 Å². The van der Waals surface area contributed by atoms with Gasteiger partial charge in [0.2, 0.25) is 0 Å². The topological polar surface area (TPSA) is 73.5 Å². The van der Waals surface area contributed by atoms with E-state index >= 15 is 0 Å². The molecule has 0 spiro atoms. The highest BCUT2D eigenvalue weighted by molar-refractivity contribution is 5.93. The molecule has 0 atom stereocenters. The van der Waals surface area contributed by atoms with E-state index in [2.05, 4.69) is 30.8 Å². The van der Waals surface area contributed by atoms with E-state index < -0.39 is 11.1 Å². The molecule has 116 valence electrons. The Morgan fingerprint density at radius 2 is 1.15 bits per heavy atom. The second kappa shape index (κ2) is 6.81. The summed E-state index contributed by atoms with van der Waals surface area (Å²) in [6.07, 6.45) is 0. The van der Waals surface area contributed by atoms with Gasteiger partial charge in [0.15, 0.2) is 0 Å². The van der Waals surface area contributed by atoms with Crippen molar-refractivity contribution in [2.45, 2.75) is 53.6 Å². The summed E-state index contributed by atoms with van der Waals surface area (Å²) in [7, 11) is 0. The molecule has 2 aliphatic heterocycles. The molecule has 0 aromatic heterocycles. The Morgan fingerprint density at radius 3 is 1.40 bits per heavy atom. The summed E-state index contributed by atoms with van der Waals surface area (Å²) in [5.74, 6) is 1.84. The van der Waals surface area contributed by atoms with Gasteiger partial charge in [0, 0.05) is 13.1 Å². The number of amidine groups is 2. The lowest BCUT2D eigenvalue weighted by molar-refractivity contribution is 0.552. The van der Waals surface area contributed by atoms with Crippen molar-refractivity contribution in [3.63, 3.8) is 0 Å². The highest BCUT2D eigenvalue weighted by Gasteiger charge is 2.31. The third-order valence-electron chi connectivity index (χ3n) is 3.06. The van der Waals surface area contributed by atoms with Crippen LogP contribution in [-0.2, 0) is 0 Å². The maximum absolute atomic E-state index is 4.47. The van der Waals surface area contributed by atoms with E-state index in [1.54, 1.807) is 0 Å². The largest absolute Gasteiger partial charge is 0.370 e. The number of rotatable bonds is 4. The molecule has 0 saturated heterocycles. The fourth-order valence-corrected chi connectivity index (χ4v) is 1.96. The van der Waals surface area contributed by atoms with Crippen molar-refractivity contribution in [2.24, 2.45) is 20.2 Å². The van der Waals surface area contributed by atoms with Crippen LogP contribution >= 0.6 is 0 Å². The first-order valence-corrected chi connectivity index (χ1v) is 6.43. The van der Waals surface area contributed by atoms with Crippen LogP contribution in [0.4, 0.5) is 0 Å². The van der Waals surface area contributed by atoms with E-state index in [1.165, 1.54) is 0 Å². The summed E-state index contributed by atoms with van der Waals surface area (Å²) < 4.78 is 0. The first-order chi connectivity index (χ1) is 8.42. The van der Waals surface area contributed by atoms with Gasteiger partial charge in [-0.2, -0.15) is 10.2 Å². The van der Waals surface area contributed by atoms with Gasteiger partial charge in [-0.3, -0.25) is 9.98 Å². The van der Waals surface area contributed by atoms with Crippen molar-refractivity contribution < 1.29 is 0 Å². The Kier molecular flexibility index (Phi) is 6.32. The Hall–Kier alpha value is -1.46. The molecule has 2 heterocycles. The molecule has 0 radical (unpaired) electrons. The molecule has 2 aliphatic rings. The first-order valence-electron chi connectivity index (χ1n) is 6.43. The van der Waals surface area contributed by atoms with E-state index in [0.717, 1.165) is 37.9 Å². The van der Waals surface area contributed by atoms with Crippen molar-refractivity contribution in [3.8, 4) is 0 Å². The monoisotopic (exact) mass is 282 g/mol. The number of aliphatic imine (C=N–C) groups is 2. The molecule has 2 rings (SSSR count). The molecule has 0 fully saturated rings. The van der Waals surface area contributed by atoms with Crippen molar-refractivity contribution in [3.05, 3.63) is 0 Å².